The van der Waals surface area contributed by atoms with Crippen molar-refractivity contribution in [2.24, 2.45) is 0 Å². The molecular formula is C19H29N. The van der Waals surface area contributed by atoms with Crippen LogP contribution in [0.15, 0.2) is 62.4 Å². The van der Waals surface area contributed by atoms with Gasteiger partial charge in [-0.3, -0.25) is 0 Å². The zero-order valence-corrected chi connectivity index (χ0v) is 13.7. The summed E-state index contributed by atoms with van der Waals surface area (Å²) in [6.45, 7) is 20.8. The highest BCUT2D eigenvalue weighted by Gasteiger charge is 2.00. The van der Waals surface area contributed by atoms with E-state index in [-0.39, 0.29) is 0 Å². The SMILES string of the molecule is C=CC.C=CNc1cc(/C(C=C)=C/C)ccc1C.CC. The Hall–Kier alpha value is -2.02. The fourth-order valence-electron chi connectivity index (χ4n) is 1.47. The molecule has 0 aliphatic rings. The molecule has 0 saturated heterocycles. The molecule has 1 nitrogen and oxygen atoms in total. The number of benzene rings is 1. The minimum absolute atomic E-state index is 1.09. The lowest BCUT2D eigenvalue weighted by atomic mass is 10.0. The van der Waals surface area contributed by atoms with Crippen molar-refractivity contribution in [3.63, 3.8) is 0 Å². The molecule has 110 valence electrons. The van der Waals surface area contributed by atoms with Crippen molar-refractivity contribution in [2.75, 3.05) is 5.32 Å². The van der Waals surface area contributed by atoms with Gasteiger partial charge in [0.2, 0.25) is 0 Å². The summed E-state index contributed by atoms with van der Waals surface area (Å²) in [5, 5.41) is 3.12. The highest BCUT2D eigenvalue weighted by molar-refractivity contribution is 5.76. The van der Waals surface area contributed by atoms with Crippen LogP contribution in [-0.2, 0) is 0 Å². The van der Waals surface area contributed by atoms with E-state index < -0.39 is 0 Å². The average Bonchev–Trinajstić information content (AvgIpc) is 2.47. The van der Waals surface area contributed by atoms with Crippen LogP contribution in [-0.4, -0.2) is 0 Å². The molecule has 1 rings (SSSR count). The third-order valence-electron chi connectivity index (χ3n) is 2.36. The highest BCUT2D eigenvalue weighted by Crippen LogP contribution is 2.22. The van der Waals surface area contributed by atoms with E-state index in [1.165, 1.54) is 11.1 Å². The lowest BCUT2D eigenvalue weighted by Crippen LogP contribution is -1.92. The van der Waals surface area contributed by atoms with E-state index in [2.05, 4.69) is 56.3 Å². The van der Waals surface area contributed by atoms with Gasteiger partial charge in [-0.15, -0.1) is 6.58 Å². The predicted molar refractivity (Wildman–Crippen MR) is 96.1 cm³/mol. The zero-order valence-electron chi connectivity index (χ0n) is 13.7. The van der Waals surface area contributed by atoms with Crippen LogP contribution >= 0.6 is 0 Å². The monoisotopic (exact) mass is 271 g/mol. The molecule has 0 radical (unpaired) electrons. The van der Waals surface area contributed by atoms with Crippen LogP contribution in [0.1, 0.15) is 38.8 Å². The molecule has 1 aromatic carbocycles. The normalized spacial score (nSPS) is 9.15. The van der Waals surface area contributed by atoms with Crippen LogP contribution in [0.25, 0.3) is 5.57 Å². The van der Waals surface area contributed by atoms with Crippen molar-refractivity contribution >= 4 is 11.3 Å². The van der Waals surface area contributed by atoms with E-state index in [1.54, 1.807) is 12.3 Å². The summed E-state index contributed by atoms with van der Waals surface area (Å²) >= 11 is 0. The van der Waals surface area contributed by atoms with Gasteiger partial charge < -0.3 is 5.32 Å². The van der Waals surface area contributed by atoms with Gasteiger partial charge in [0.1, 0.15) is 0 Å². The second-order valence-corrected chi connectivity index (χ2v) is 3.73. The first-order chi connectivity index (χ1) is 9.64. The van der Waals surface area contributed by atoms with Gasteiger partial charge >= 0.3 is 0 Å². The molecule has 0 aliphatic carbocycles. The summed E-state index contributed by atoms with van der Waals surface area (Å²) in [5.41, 5.74) is 4.60. The lowest BCUT2D eigenvalue weighted by Gasteiger charge is -2.09. The molecule has 0 aromatic heterocycles. The molecule has 0 atom stereocenters. The smallest absolute Gasteiger partial charge is 0.0415 e. The quantitative estimate of drug-likeness (QED) is 0.496. The number of hydrogen-bond acceptors (Lipinski definition) is 1. The summed E-state index contributed by atoms with van der Waals surface area (Å²) in [7, 11) is 0. The van der Waals surface area contributed by atoms with Gasteiger partial charge in [0.25, 0.3) is 0 Å². The van der Waals surface area contributed by atoms with Crippen LogP contribution in [0, 0.1) is 6.92 Å². The number of anilines is 1. The minimum atomic E-state index is 1.09. The van der Waals surface area contributed by atoms with Crippen LogP contribution in [0.5, 0.6) is 0 Å². The molecule has 0 bridgehead atoms. The Morgan fingerprint density at radius 3 is 2.05 bits per heavy atom. The number of aryl methyl sites for hydroxylation is 1. The maximum Gasteiger partial charge on any atom is 0.0415 e. The number of nitrogens with one attached hydrogen (secondary N) is 1. The first-order valence-corrected chi connectivity index (χ1v) is 6.98. The van der Waals surface area contributed by atoms with Crippen molar-refractivity contribution in [2.45, 2.75) is 34.6 Å². The third-order valence-corrected chi connectivity index (χ3v) is 2.36. The summed E-state index contributed by atoms with van der Waals surface area (Å²) < 4.78 is 0. The molecular weight excluding hydrogens is 242 g/mol. The second-order valence-electron chi connectivity index (χ2n) is 3.73. The average molecular weight is 271 g/mol. The van der Waals surface area contributed by atoms with E-state index in [0.717, 1.165) is 11.3 Å². The van der Waals surface area contributed by atoms with Gasteiger partial charge in [-0.1, -0.05) is 57.4 Å². The Labute approximate surface area is 125 Å². The van der Waals surface area contributed by atoms with E-state index in [4.69, 9.17) is 0 Å². The fourth-order valence-corrected chi connectivity index (χ4v) is 1.47. The highest BCUT2D eigenvalue weighted by atomic mass is 14.8. The number of allylic oxidation sites excluding steroid dienone is 4. The Morgan fingerprint density at radius 1 is 1.10 bits per heavy atom. The molecule has 1 heteroatoms. The molecule has 0 amide bonds. The number of rotatable bonds is 4. The molecule has 1 aromatic rings. The van der Waals surface area contributed by atoms with Crippen molar-refractivity contribution in [1.29, 1.82) is 0 Å². The van der Waals surface area contributed by atoms with Crippen LogP contribution in [0.2, 0.25) is 0 Å². The summed E-state index contributed by atoms with van der Waals surface area (Å²) in [5.74, 6) is 0. The molecule has 20 heavy (non-hydrogen) atoms. The Bertz CT molecular complexity index is 439. The summed E-state index contributed by atoms with van der Waals surface area (Å²) in [6.07, 6.45) is 7.35. The van der Waals surface area contributed by atoms with E-state index in [9.17, 15) is 0 Å². The summed E-state index contributed by atoms with van der Waals surface area (Å²) in [6, 6.07) is 6.29. The maximum atomic E-state index is 3.80. The van der Waals surface area contributed by atoms with Gasteiger partial charge in [0.15, 0.2) is 0 Å². The van der Waals surface area contributed by atoms with Gasteiger partial charge in [-0.25, -0.2) is 0 Å². The molecule has 0 unspecified atom stereocenters. The first-order valence-electron chi connectivity index (χ1n) is 6.98. The van der Waals surface area contributed by atoms with Crippen molar-refractivity contribution in [1.82, 2.24) is 0 Å². The molecule has 1 N–H and O–H groups in total. The minimum Gasteiger partial charge on any atom is -0.362 e. The van der Waals surface area contributed by atoms with Gasteiger partial charge in [0.05, 0.1) is 0 Å². The zero-order chi connectivity index (χ0) is 16.0. The first kappa shape index (κ1) is 20.3. The predicted octanol–water partition coefficient (Wildman–Crippen LogP) is 6.36. The molecule has 0 spiro atoms. The Morgan fingerprint density at radius 2 is 1.65 bits per heavy atom. The fraction of sp³-hybridized carbons (Fsp3) is 0.263. The number of hydrogen-bond donors (Lipinski definition) is 1. The molecule has 0 heterocycles. The molecule has 0 fully saturated rings. The Balaban J connectivity index is 0. The largest absolute Gasteiger partial charge is 0.362 e. The van der Waals surface area contributed by atoms with Crippen molar-refractivity contribution in [3.8, 4) is 0 Å². The van der Waals surface area contributed by atoms with Crippen molar-refractivity contribution in [3.05, 3.63) is 73.5 Å². The van der Waals surface area contributed by atoms with Crippen LogP contribution < -0.4 is 5.32 Å². The van der Waals surface area contributed by atoms with Crippen molar-refractivity contribution < 1.29 is 0 Å². The van der Waals surface area contributed by atoms with Gasteiger partial charge in [-0.2, -0.15) is 0 Å². The molecule has 0 saturated carbocycles. The van der Waals surface area contributed by atoms with Crippen LogP contribution in [0.4, 0.5) is 5.69 Å². The maximum absolute atomic E-state index is 3.80. The standard InChI is InChI=1S/C14H17N.C3H6.C2H6/c1-5-12(6-2)13-9-8-11(4)14(10-13)15-7-3;1-3-2;1-2/h5-10,15H,1,3H2,2,4H3;3H,1H2,2H3;1-2H3/b12-6+;;. The van der Waals surface area contributed by atoms with Gasteiger partial charge in [-0.05, 0) is 49.7 Å². The molecule has 0 aliphatic heterocycles. The third kappa shape index (κ3) is 7.42. The van der Waals surface area contributed by atoms with E-state index in [1.807, 2.05) is 33.8 Å². The lowest BCUT2D eigenvalue weighted by molar-refractivity contribution is 1.42. The van der Waals surface area contributed by atoms with E-state index >= 15 is 0 Å². The Kier molecular flexibility index (Phi) is 13.6. The summed E-state index contributed by atoms with van der Waals surface area (Å²) in [4.78, 5) is 0. The van der Waals surface area contributed by atoms with Crippen LogP contribution in [0.3, 0.4) is 0 Å². The second kappa shape index (κ2) is 13.4. The topological polar surface area (TPSA) is 12.0 Å². The van der Waals surface area contributed by atoms with E-state index in [0.29, 0.717) is 0 Å². The van der Waals surface area contributed by atoms with Gasteiger partial charge in [0, 0.05) is 5.69 Å².